The largest absolute Gasteiger partial charge is 0.497 e. The molecule has 2 aromatic carbocycles. The fourth-order valence-corrected chi connectivity index (χ4v) is 3.44. The zero-order chi connectivity index (χ0) is 20.9. The van der Waals surface area contributed by atoms with E-state index in [1.54, 1.807) is 43.5 Å². The first-order valence-corrected chi connectivity index (χ1v) is 9.67. The Hall–Kier alpha value is -3.09. The molecule has 1 N–H and O–H groups in total. The zero-order valence-corrected chi connectivity index (χ0v) is 16.6. The van der Waals surface area contributed by atoms with E-state index in [4.69, 9.17) is 9.47 Å². The van der Waals surface area contributed by atoms with Crippen LogP contribution in [-0.4, -0.2) is 37.1 Å². The number of benzene rings is 2. The topological polar surface area (TPSA) is 67.9 Å². The lowest BCUT2D eigenvalue weighted by atomic mass is 9.85. The molecule has 0 saturated carbocycles. The second kappa shape index (κ2) is 8.94. The number of rotatable bonds is 9. The van der Waals surface area contributed by atoms with Crippen molar-refractivity contribution in [2.75, 3.05) is 20.3 Å². The highest BCUT2D eigenvalue weighted by Gasteiger charge is 2.51. The zero-order valence-electron chi connectivity index (χ0n) is 16.6. The van der Waals surface area contributed by atoms with Crippen molar-refractivity contribution in [1.82, 2.24) is 10.2 Å². The van der Waals surface area contributed by atoms with Crippen LogP contribution in [0.5, 0.6) is 11.5 Å². The minimum absolute atomic E-state index is 0.117. The number of ether oxygens (including phenoxy) is 2. The van der Waals surface area contributed by atoms with Gasteiger partial charge >= 0.3 is 6.03 Å². The average molecular weight is 400 g/mol. The van der Waals surface area contributed by atoms with Crippen LogP contribution in [0.3, 0.4) is 0 Å². The molecule has 1 saturated heterocycles. The highest BCUT2D eigenvalue weighted by Crippen LogP contribution is 2.34. The number of nitrogens with zero attached hydrogens (tertiary/aromatic N) is 1. The van der Waals surface area contributed by atoms with Gasteiger partial charge in [-0.3, -0.25) is 9.69 Å². The Labute approximate surface area is 169 Å². The van der Waals surface area contributed by atoms with Crippen molar-refractivity contribution in [1.29, 1.82) is 0 Å². The summed E-state index contributed by atoms with van der Waals surface area (Å²) < 4.78 is 24.1. The molecule has 2 aromatic rings. The molecule has 29 heavy (non-hydrogen) atoms. The van der Waals surface area contributed by atoms with Gasteiger partial charge in [-0.2, -0.15) is 0 Å². The van der Waals surface area contributed by atoms with Crippen LogP contribution in [0.15, 0.2) is 48.5 Å². The number of urea groups is 1. The van der Waals surface area contributed by atoms with Crippen LogP contribution < -0.4 is 14.8 Å². The van der Waals surface area contributed by atoms with Crippen molar-refractivity contribution in [2.24, 2.45) is 0 Å². The third-order valence-electron chi connectivity index (χ3n) is 5.06. The molecule has 7 heteroatoms. The van der Waals surface area contributed by atoms with Gasteiger partial charge in [-0.1, -0.05) is 31.9 Å². The van der Waals surface area contributed by atoms with E-state index in [-0.39, 0.29) is 24.9 Å². The number of amides is 3. The summed E-state index contributed by atoms with van der Waals surface area (Å²) >= 11 is 0. The molecule has 0 aliphatic carbocycles. The molecule has 0 aromatic heterocycles. The van der Waals surface area contributed by atoms with Gasteiger partial charge in [0.05, 0.1) is 13.7 Å². The Bertz CT molecular complexity index is 854. The summed E-state index contributed by atoms with van der Waals surface area (Å²) in [6, 6.07) is 12.3. The van der Waals surface area contributed by atoms with Crippen LogP contribution >= 0.6 is 0 Å². The molecule has 6 nitrogen and oxygen atoms in total. The average Bonchev–Trinajstić information content (AvgIpc) is 2.98. The van der Waals surface area contributed by atoms with Crippen LogP contribution in [0, 0.1) is 5.82 Å². The molecule has 0 spiro atoms. The molecule has 1 heterocycles. The van der Waals surface area contributed by atoms with Gasteiger partial charge < -0.3 is 14.8 Å². The lowest BCUT2D eigenvalue weighted by Crippen LogP contribution is -2.44. The van der Waals surface area contributed by atoms with Gasteiger partial charge in [0.1, 0.15) is 29.5 Å². The molecule has 3 amide bonds. The van der Waals surface area contributed by atoms with E-state index >= 15 is 0 Å². The molecule has 0 radical (unpaired) electrons. The summed E-state index contributed by atoms with van der Waals surface area (Å²) in [7, 11) is 1.58. The summed E-state index contributed by atoms with van der Waals surface area (Å²) in [6.45, 7) is 2.30. The van der Waals surface area contributed by atoms with Crippen molar-refractivity contribution in [3.63, 3.8) is 0 Å². The Morgan fingerprint density at radius 2 is 1.69 bits per heavy atom. The van der Waals surface area contributed by atoms with E-state index in [0.29, 0.717) is 23.5 Å². The number of hydrogen-bond acceptors (Lipinski definition) is 4. The van der Waals surface area contributed by atoms with E-state index in [1.807, 2.05) is 6.92 Å². The molecular formula is C22H25FN2O4. The van der Waals surface area contributed by atoms with Gasteiger partial charge in [-0.05, 0) is 48.4 Å². The molecule has 1 aliphatic rings. The first-order chi connectivity index (χ1) is 14.0. The van der Waals surface area contributed by atoms with Crippen molar-refractivity contribution >= 4 is 11.9 Å². The summed E-state index contributed by atoms with van der Waals surface area (Å²) in [5, 5.41) is 2.84. The van der Waals surface area contributed by atoms with Crippen molar-refractivity contribution in [2.45, 2.75) is 31.7 Å². The minimum atomic E-state index is -1.17. The van der Waals surface area contributed by atoms with Crippen molar-refractivity contribution in [3.8, 4) is 11.5 Å². The summed E-state index contributed by atoms with van der Waals surface area (Å²) in [5.41, 5.74) is -0.578. The van der Waals surface area contributed by atoms with E-state index in [2.05, 4.69) is 5.32 Å². The van der Waals surface area contributed by atoms with Crippen molar-refractivity contribution < 1.29 is 23.5 Å². The summed E-state index contributed by atoms with van der Waals surface area (Å²) in [5.74, 6) is 0.613. The predicted octanol–water partition coefficient (Wildman–Crippen LogP) is 3.85. The summed E-state index contributed by atoms with van der Waals surface area (Å²) in [4.78, 5) is 27.0. The number of carbonyl (C=O) groups is 2. The molecule has 1 aliphatic heterocycles. The Morgan fingerprint density at radius 1 is 1.03 bits per heavy atom. The first kappa shape index (κ1) is 20.6. The van der Waals surface area contributed by atoms with Gasteiger partial charge in [0, 0.05) is 0 Å². The molecule has 3 rings (SSSR count). The fraction of sp³-hybridized carbons (Fsp3) is 0.364. The Kier molecular flexibility index (Phi) is 6.36. The third-order valence-corrected chi connectivity index (χ3v) is 5.06. The number of hydrogen-bond donors (Lipinski definition) is 1. The van der Waals surface area contributed by atoms with Crippen molar-refractivity contribution in [3.05, 3.63) is 59.9 Å². The van der Waals surface area contributed by atoms with Crippen LogP contribution in [0.4, 0.5) is 9.18 Å². The standard InChI is InChI=1S/C22H25FN2O4/c1-3-4-13-22(16-5-7-17(23)8-6-16)20(26)25(21(27)24-22)14-15-29-19-11-9-18(28-2)10-12-19/h5-12H,3-4,13-15H2,1-2H3,(H,24,27)/t22-/m1/s1. The van der Waals surface area contributed by atoms with Crippen LogP contribution in [-0.2, 0) is 10.3 Å². The van der Waals surface area contributed by atoms with Crippen LogP contribution in [0.1, 0.15) is 31.7 Å². The minimum Gasteiger partial charge on any atom is -0.497 e. The Morgan fingerprint density at radius 3 is 2.31 bits per heavy atom. The number of nitrogens with one attached hydrogen (secondary N) is 1. The number of imide groups is 1. The maximum absolute atomic E-state index is 13.4. The van der Waals surface area contributed by atoms with Gasteiger partial charge in [0.15, 0.2) is 0 Å². The highest BCUT2D eigenvalue weighted by atomic mass is 19.1. The normalized spacial score (nSPS) is 18.7. The molecule has 154 valence electrons. The number of carbonyl (C=O) groups excluding carboxylic acids is 2. The van der Waals surface area contributed by atoms with E-state index < -0.39 is 11.6 Å². The second-order valence-corrected chi connectivity index (χ2v) is 6.93. The smallest absolute Gasteiger partial charge is 0.325 e. The monoisotopic (exact) mass is 400 g/mol. The third kappa shape index (κ3) is 4.34. The lowest BCUT2D eigenvalue weighted by molar-refractivity contribution is -0.132. The second-order valence-electron chi connectivity index (χ2n) is 6.93. The predicted molar refractivity (Wildman–Crippen MR) is 106 cm³/mol. The van der Waals surface area contributed by atoms with E-state index in [1.165, 1.54) is 17.0 Å². The Balaban J connectivity index is 1.72. The fourth-order valence-electron chi connectivity index (χ4n) is 3.44. The van der Waals surface area contributed by atoms with Gasteiger partial charge in [0.2, 0.25) is 0 Å². The highest BCUT2D eigenvalue weighted by molar-refractivity contribution is 6.07. The number of methoxy groups -OCH3 is 1. The number of halogens is 1. The van der Waals surface area contributed by atoms with E-state index in [0.717, 1.165) is 12.8 Å². The van der Waals surface area contributed by atoms with E-state index in [9.17, 15) is 14.0 Å². The maximum Gasteiger partial charge on any atom is 0.325 e. The first-order valence-electron chi connectivity index (χ1n) is 9.67. The maximum atomic E-state index is 13.4. The van der Waals surface area contributed by atoms with Gasteiger partial charge in [-0.15, -0.1) is 0 Å². The summed E-state index contributed by atoms with van der Waals surface area (Å²) in [6.07, 6.45) is 2.07. The molecular weight excluding hydrogens is 375 g/mol. The molecule has 0 unspecified atom stereocenters. The number of unbranched alkanes of at least 4 members (excludes halogenated alkanes) is 1. The van der Waals surface area contributed by atoms with Crippen LogP contribution in [0.25, 0.3) is 0 Å². The quantitative estimate of drug-likeness (QED) is 0.649. The van der Waals surface area contributed by atoms with Gasteiger partial charge in [-0.25, -0.2) is 9.18 Å². The molecule has 1 atom stereocenters. The SMILES string of the molecule is CCCC[C@]1(c2ccc(F)cc2)NC(=O)N(CCOc2ccc(OC)cc2)C1=O. The lowest BCUT2D eigenvalue weighted by Gasteiger charge is -2.27. The van der Waals surface area contributed by atoms with Gasteiger partial charge in [0.25, 0.3) is 5.91 Å². The van der Waals surface area contributed by atoms with Crippen LogP contribution in [0.2, 0.25) is 0 Å². The molecule has 0 bridgehead atoms. The molecule has 1 fully saturated rings.